The van der Waals surface area contributed by atoms with Crippen LogP contribution in [0.1, 0.15) is 5.56 Å². The summed E-state index contributed by atoms with van der Waals surface area (Å²) in [5.41, 5.74) is 7.18. The van der Waals surface area contributed by atoms with E-state index in [1.807, 2.05) is 30.6 Å². The van der Waals surface area contributed by atoms with E-state index < -0.39 is 0 Å². The Hall–Kier alpha value is -2.25. The van der Waals surface area contributed by atoms with Gasteiger partial charge < -0.3 is 5.32 Å². The van der Waals surface area contributed by atoms with Crippen LogP contribution in [0.25, 0.3) is 10.2 Å². The highest BCUT2D eigenvalue weighted by atomic mass is 32.1. The van der Waals surface area contributed by atoms with E-state index in [2.05, 4.69) is 25.7 Å². The third-order valence-corrected chi connectivity index (χ3v) is 3.49. The lowest BCUT2D eigenvalue weighted by Crippen LogP contribution is -2.11. The largest absolute Gasteiger partial charge is 0.340 e. The van der Waals surface area contributed by atoms with Gasteiger partial charge in [0.25, 0.3) is 0 Å². The van der Waals surface area contributed by atoms with Gasteiger partial charge in [-0.3, -0.25) is 5.43 Å². The van der Waals surface area contributed by atoms with Gasteiger partial charge in [-0.25, -0.2) is 15.8 Å². The minimum Gasteiger partial charge on any atom is -0.340 e. The molecule has 6 nitrogen and oxygen atoms in total. The van der Waals surface area contributed by atoms with Crippen LogP contribution < -0.4 is 16.6 Å². The van der Waals surface area contributed by atoms with Gasteiger partial charge in [0.1, 0.15) is 5.82 Å². The Labute approximate surface area is 113 Å². The molecule has 3 aromatic rings. The number of rotatable bonds is 3. The number of hydrazine groups is 1. The van der Waals surface area contributed by atoms with E-state index in [0.29, 0.717) is 5.95 Å². The van der Waals surface area contributed by atoms with Crippen LogP contribution in [-0.2, 0) is 0 Å². The fourth-order valence-electron chi connectivity index (χ4n) is 1.71. The van der Waals surface area contributed by atoms with Gasteiger partial charge in [0.05, 0.1) is 15.7 Å². The molecule has 0 spiro atoms. The van der Waals surface area contributed by atoms with Crippen LogP contribution in [0.2, 0.25) is 0 Å². The molecule has 3 rings (SSSR count). The van der Waals surface area contributed by atoms with Gasteiger partial charge in [-0.1, -0.05) is 0 Å². The maximum absolute atomic E-state index is 5.31. The standard InChI is InChI=1S/C12H12N6S/c1-7-5-14-12(18-13)17-11(7)16-8-2-3-9-10(4-8)19-6-15-9/h2-6H,13H2,1H3,(H2,14,16,17,18). The number of thiazole rings is 1. The van der Waals surface area contributed by atoms with Crippen LogP contribution in [0, 0.1) is 6.92 Å². The van der Waals surface area contributed by atoms with Crippen molar-refractivity contribution in [2.75, 3.05) is 10.7 Å². The summed E-state index contributed by atoms with van der Waals surface area (Å²) in [4.78, 5) is 12.6. The molecule has 0 bridgehead atoms. The monoisotopic (exact) mass is 272 g/mol. The number of nitrogens with one attached hydrogen (secondary N) is 2. The molecule has 0 amide bonds. The van der Waals surface area contributed by atoms with E-state index in [9.17, 15) is 0 Å². The van der Waals surface area contributed by atoms with Crippen molar-refractivity contribution < 1.29 is 0 Å². The maximum atomic E-state index is 5.31. The molecular formula is C12H12N6S. The molecule has 0 aliphatic carbocycles. The van der Waals surface area contributed by atoms with E-state index in [1.54, 1.807) is 17.5 Å². The summed E-state index contributed by atoms with van der Waals surface area (Å²) in [6.45, 7) is 1.94. The van der Waals surface area contributed by atoms with E-state index in [4.69, 9.17) is 5.84 Å². The van der Waals surface area contributed by atoms with Crippen molar-refractivity contribution in [3.05, 3.63) is 35.5 Å². The van der Waals surface area contributed by atoms with Gasteiger partial charge in [0, 0.05) is 17.4 Å². The van der Waals surface area contributed by atoms with Crippen LogP contribution in [0.15, 0.2) is 29.9 Å². The number of anilines is 3. The van der Waals surface area contributed by atoms with E-state index in [-0.39, 0.29) is 0 Å². The molecule has 0 fully saturated rings. The van der Waals surface area contributed by atoms with Crippen molar-refractivity contribution >= 4 is 39.0 Å². The second-order valence-corrected chi connectivity index (χ2v) is 4.92. The van der Waals surface area contributed by atoms with Crippen molar-refractivity contribution in [1.82, 2.24) is 15.0 Å². The number of aryl methyl sites for hydroxylation is 1. The van der Waals surface area contributed by atoms with Gasteiger partial charge in [0.2, 0.25) is 5.95 Å². The first kappa shape index (κ1) is 11.8. The fraction of sp³-hybridized carbons (Fsp3) is 0.0833. The van der Waals surface area contributed by atoms with Crippen LogP contribution in [0.4, 0.5) is 17.5 Å². The zero-order chi connectivity index (χ0) is 13.2. The lowest BCUT2D eigenvalue weighted by Gasteiger charge is -2.09. The minimum atomic E-state index is 0.381. The smallest absolute Gasteiger partial charge is 0.239 e. The number of aromatic nitrogens is 3. The highest BCUT2D eigenvalue weighted by molar-refractivity contribution is 7.16. The van der Waals surface area contributed by atoms with Gasteiger partial charge >= 0.3 is 0 Å². The van der Waals surface area contributed by atoms with Gasteiger partial charge in [-0.15, -0.1) is 11.3 Å². The van der Waals surface area contributed by atoms with Crippen molar-refractivity contribution in [3.8, 4) is 0 Å². The topological polar surface area (TPSA) is 88.8 Å². The number of fused-ring (bicyclic) bond motifs is 1. The number of hydrogen-bond acceptors (Lipinski definition) is 7. The second kappa shape index (κ2) is 4.79. The molecule has 19 heavy (non-hydrogen) atoms. The summed E-state index contributed by atoms with van der Waals surface area (Å²) < 4.78 is 1.13. The molecular weight excluding hydrogens is 260 g/mol. The average molecular weight is 272 g/mol. The van der Waals surface area contributed by atoms with Crippen molar-refractivity contribution in [3.63, 3.8) is 0 Å². The Balaban J connectivity index is 1.95. The quantitative estimate of drug-likeness (QED) is 0.501. The lowest BCUT2D eigenvalue weighted by atomic mass is 10.3. The highest BCUT2D eigenvalue weighted by Gasteiger charge is 2.05. The summed E-state index contributed by atoms with van der Waals surface area (Å²) in [5.74, 6) is 6.42. The Bertz CT molecular complexity index is 723. The zero-order valence-electron chi connectivity index (χ0n) is 10.2. The fourth-order valence-corrected chi connectivity index (χ4v) is 2.42. The molecule has 0 aliphatic heterocycles. The summed E-state index contributed by atoms with van der Waals surface area (Å²) >= 11 is 1.61. The minimum absolute atomic E-state index is 0.381. The number of nitrogens with two attached hydrogens (primary N) is 1. The molecule has 2 heterocycles. The molecule has 0 saturated carbocycles. The predicted octanol–water partition coefficient (Wildman–Crippen LogP) is 2.42. The third kappa shape index (κ3) is 2.33. The Morgan fingerprint density at radius 2 is 2.16 bits per heavy atom. The maximum Gasteiger partial charge on any atom is 0.239 e. The zero-order valence-corrected chi connectivity index (χ0v) is 11.0. The normalized spacial score (nSPS) is 10.6. The average Bonchev–Trinajstić information content (AvgIpc) is 2.89. The molecule has 0 saturated heterocycles. The van der Waals surface area contributed by atoms with Crippen molar-refractivity contribution in [1.29, 1.82) is 0 Å². The Kier molecular flexibility index (Phi) is 2.98. The molecule has 1 aromatic carbocycles. The van der Waals surface area contributed by atoms with Crippen LogP contribution in [-0.4, -0.2) is 15.0 Å². The second-order valence-electron chi connectivity index (χ2n) is 4.03. The van der Waals surface area contributed by atoms with Crippen molar-refractivity contribution in [2.45, 2.75) is 6.92 Å². The number of nitrogen functional groups attached to an aromatic ring is 1. The molecule has 0 radical (unpaired) electrons. The summed E-state index contributed by atoms with van der Waals surface area (Å²) in [6, 6.07) is 6.00. The molecule has 96 valence electrons. The van der Waals surface area contributed by atoms with Crippen LogP contribution >= 0.6 is 11.3 Å². The van der Waals surface area contributed by atoms with Gasteiger partial charge in [-0.2, -0.15) is 4.98 Å². The summed E-state index contributed by atoms with van der Waals surface area (Å²) in [5, 5.41) is 3.26. The van der Waals surface area contributed by atoms with Crippen LogP contribution in [0.3, 0.4) is 0 Å². The highest BCUT2D eigenvalue weighted by Crippen LogP contribution is 2.25. The Morgan fingerprint density at radius 3 is 3.00 bits per heavy atom. The molecule has 7 heteroatoms. The molecule has 0 unspecified atom stereocenters. The number of hydrogen-bond donors (Lipinski definition) is 3. The Morgan fingerprint density at radius 1 is 1.26 bits per heavy atom. The van der Waals surface area contributed by atoms with Crippen molar-refractivity contribution in [2.24, 2.45) is 5.84 Å². The molecule has 0 atom stereocenters. The molecule has 2 aromatic heterocycles. The van der Waals surface area contributed by atoms with E-state index in [0.717, 1.165) is 27.3 Å². The molecule has 4 N–H and O–H groups in total. The predicted molar refractivity (Wildman–Crippen MR) is 77.5 cm³/mol. The number of nitrogens with zero attached hydrogens (tertiary/aromatic N) is 3. The number of benzene rings is 1. The van der Waals surface area contributed by atoms with E-state index in [1.165, 1.54) is 0 Å². The first-order chi connectivity index (χ1) is 9.26. The first-order valence-electron chi connectivity index (χ1n) is 5.67. The van der Waals surface area contributed by atoms with E-state index >= 15 is 0 Å². The third-order valence-electron chi connectivity index (χ3n) is 2.69. The lowest BCUT2D eigenvalue weighted by molar-refractivity contribution is 1.09. The summed E-state index contributed by atoms with van der Waals surface area (Å²) in [6.07, 6.45) is 1.72. The SMILES string of the molecule is Cc1cnc(NN)nc1Nc1ccc2ncsc2c1. The summed E-state index contributed by atoms with van der Waals surface area (Å²) in [7, 11) is 0. The van der Waals surface area contributed by atoms with Gasteiger partial charge in [0.15, 0.2) is 0 Å². The molecule has 0 aliphatic rings. The first-order valence-corrected chi connectivity index (χ1v) is 6.55. The van der Waals surface area contributed by atoms with Crippen LogP contribution in [0.5, 0.6) is 0 Å². The van der Waals surface area contributed by atoms with Gasteiger partial charge in [-0.05, 0) is 25.1 Å².